The molecule has 1 heterocycles. The average molecular weight is 516 g/mol. The highest BCUT2D eigenvalue weighted by atomic mass is 16.6. The number of anilines is 1. The first-order chi connectivity index (χ1) is 17.6. The maximum absolute atomic E-state index is 12.6. The van der Waals surface area contributed by atoms with Crippen molar-refractivity contribution in [2.45, 2.75) is 6.42 Å². The summed E-state index contributed by atoms with van der Waals surface area (Å²) >= 11 is 0. The van der Waals surface area contributed by atoms with E-state index in [0.717, 1.165) is 11.1 Å². The molecule has 1 saturated heterocycles. The zero-order valence-corrected chi connectivity index (χ0v) is 20.1. The molecular formula is C23H24N4O10. The number of nitrogens with zero attached hydrogens (tertiary/aromatic N) is 2. The van der Waals surface area contributed by atoms with E-state index in [1.165, 1.54) is 45.6 Å². The SMILES string of the molecule is COc1cc(OC)cc(C(=O)NN2C[C@@H](C(=O)OCC(=O)Nc3cc(OC)ccc3[N+](=O)[O-])CC2=O)c1. The molecule has 14 heteroatoms. The van der Waals surface area contributed by atoms with E-state index in [2.05, 4.69) is 10.7 Å². The largest absolute Gasteiger partial charge is 0.497 e. The van der Waals surface area contributed by atoms with Gasteiger partial charge in [-0.05, 0) is 18.2 Å². The third-order valence-electron chi connectivity index (χ3n) is 5.33. The van der Waals surface area contributed by atoms with Crippen LogP contribution in [0.3, 0.4) is 0 Å². The van der Waals surface area contributed by atoms with Gasteiger partial charge < -0.3 is 24.3 Å². The van der Waals surface area contributed by atoms with Crippen LogP contribution in [0, 0.1) is 16.0 Å². The van der Waals surface area contributed by atoms with Crippen molar-refractivity contribution in [2.75, 3.05) is 39.8 Å². The minimum absolute atomic E-state index is 0.135. The van der Waals surface area contributed by atoms with Crippen LogP contribution in [0.15, 0.2) is 36.4 Å². The van der Waals surface area contributed by atoms with Gasteiger partial charge in [0.05, 0.1) is 38.7 Å². The standard InChI is InChI=1S/C23H24N4O10/c1-34-15-4-5-19(27(32)33)18(10-15)24-20(28)12-37-23(31)14-8-21(29)26(11-14)25-22(30)13-6-16(35-2)9-17(7-13)36-3/h4-7,9-10,14H,8,11-12H2,1-3H3,(H,24,28)(H,25,30)/t14-/m0/s1. The lowest BCUT2D eigenvalue weighted by Gasteiger charge is -2.18. The first-order valence-electron chi connectivity index (χ1n) is 10.8. The summed E-state index contributed by atoms with van der Waals surface area (Å²) in [6.45, 7) is -0.915. The van der Waals surface area contributed by atoms with Crippen molar-refractivity contribution in [3.05, 3.63) is 52.1 Å². The molecule has 0 unspecified atom stereocenters. The third kappa shape index (κ3) is 6.62. The van der Waals surface area contributed by atoms with Gasteiger partial charge in [-0.3, -0.25) is 39.7 Å². The second-order valence-corrected chi connectivity index (χ2v) is 7.74. The Bertz CT molecular complexity index is 1210. The van der Waals surface area contributed by atoms with Crippen molar-refractivity contribution < 1.29 is 43.0 Å². The van der Waals surface area contributed by atoms with Gasteiger partial charge in [0.15, 0.2) is 6.61 Å². The Kier molecular flexibility index (Phi) is 8.45. The molecule has 3 rings (SSSR count). The number of benzene rings is 2. The molecule has 0 aromatic heterocycles. The summed E-state index contributed by atoms with van der Waals surface area (Å²) in [6.07, 6.45) is -0.247. The van der Waals surface area contributed by atoms with Gasteiger partial charge in [-0.15, -0.1) is 0 Å². The Labute approximate surface area is 210 Å². The average Bonchev–Trinajstić information content (AvgIpc) is 3.26. The monoisotopic (exact) mass is 516 g/mol. The molecule has 0 spiro atoms. The minimum Gasteiger partial charge on any atom is -0.497 e. The van der Waals surface area contributed by atoms with Crippen LogP contribution in [-0.2, 0) is 19.1 Å². The maximum atomic E-state index is 12.6. The molecule has 1 atom stereocenters. The van der Waals surface area contributed by atoms with Crippen molar-refractivity contribution in [3.8, 4) is 17.2 Å². The molecule has 0 radical (unpaired) electrons. The van der Waals surface area contributed by atoms with Gasteiger partial charge in [-0.2, -0.15) is 0 Å². The summed E-state index contributed by atoms with van der Waals surface area (Å²) in [5.74, 6) is -2.74. The Morgan fingerprint density at radius 1 is 1.03 bits per heavy atom. The van der Waals surface area contributed by atoms with Gasteiger partial charge in [-0.1, -0.05) is 0 Å². The number of hydrogen-bond donors (Lipinski definition) is 2. The van der Waals surface area contributed by atoms with Gasteiger partial charge in [0.1, 0.15) is 22.9 Å². The fourth-order valence-electron chi connectivity index (χ4n) is 3.44. The Morgan fingerprint density at radius 3 is 2.27 bits per heavy atom. The number of nitro benzene ring substituents is 1. The molecular weight excluding hydrogens is 492 g/mol. The number of carbonyl (C=O) groups is 4. The molecule has 14 nitrogen and oxygen atoms in total. The lowest BCUT2D eigenvalue weighted by atomic mass is 10.1. The molecule has 37 heavy (non-hydrogen) atoms. The van der Waals surface area contributed by atoms with E-state index >= 15 is 0 Å². The number of hydrogen-bond acceptors (Lipinski definition) is 10. The number of rotatable bonds is 10. The number of ether oxygens (including phenoxy) is 4. The van der Waals surface area contributed by atoms with Crippen LogP contribution >= 0.6 is 0 Å². The fourth-order valence-corrected chi connectivity index (χ4v) is 3.44. The smallest absolute Gasteiger partial charge is 0.311 e. The van der Waals surface area contributed by atoms with Gasteiger partial charge in [0.2, 0.25) is 5.91 Å². The molecule has 0 aliphatic carbocycles. The third-order valence-corrected chi connectivity index (χ3v) is 5.33. The van der Waals surface area contributed by atoms with Gasteiger partial charge >= 0.3 is 5.97 Å². The molecule has 1 aliphatic heterocycles. The predicted octanol–water partition coefficient (Wildman–Crippen LogP) is 1.30. The van der Waals surface area contributed by atoms with E-state index in [1.807, 2.05) is 0 Å². The number of carbonyl (C=O) groups excluding carboxylic acids is 4. The Balaban J connectivity index is 1.56. The van der Waals surface area contributed by atoms with E-state index in [-0.39, 0.29) is 35.7 Å². The van der Waals surface area contributed by atoms with Crippen molar-refractivity contribution in [2.24, 2.45) is 5.92 Å². The molecule has 0 saturated carbocycles. The zero-order valence-electron chi connectivity index (χ0n) is 20.1. The maximum Gasteiger partial charge on any atom is 0.311 e. The highest BCUT2D eigenvalue weighted by Gasteiger charge is 2.37. The fraction of sp³-hybridized carbons (Fsp3) is 0.304. The molecule has 2 aromatic carbocycles. The van der Waals surface area contributed by atoms with Crippen LogP contribution in [0.1, 0.15) is 16.8 Å². The van der Waals surface area contributed by atoms with Crippen molar-refractivity contribution in [1.29, 1.82) is 0 Å². The summed E-state index contributed by atoms with van der Waals surface area (Å²) < 4.78 is 20.2. The number of amides is 3. The lowest BCUT2D eigenvalue weighted by molar-refractivity contribution is -0.383. The first-order valence-corrected chi connectivity index (χ1v) is 10.8. The highest BCUT2D eigenvalue weighted by Crippen LogP contribution is 2.29. The molecule has 3 amide bonds. The topological polar surface area (TPSA) is 176 Å². The van der Waals surface area contributed by atoms with Gasteiger partial charge in [0, 0.05) is 30.2 Å². The number of esters is 1. The van der Waals surface area contributed by atoms with E-state index in [9.17, 15) is 29.3 Å². The van der Waals surface area contributed by atoms with E-state index in [0.29, 0.717) is 11.5 Å². The number of nitro groups is 1. The summed E-state index contributed by atoms with van der Waals surface area (Å²) in [4.78, 5) is 60.1. The highest BCUT2D eigenvalue weighted by molar-refractivity contribution is 5.98. The molecule has 1 aliphatic rings. The number of nitrogens with one attached hydrogen (secondary N) is 2. The first kappa shape index (κ1) is 26.7. The molecule has 196 valence electrons. The summed E-state index contributed by atoms with van der Waals surface area (Å²) in [7, 11) is 4.21. The zero-order chi connectivity index (χ0) is 27.1. The lowest BCUT2D eigenvalue weighted by Crippen LogP contribution is -2.43. The second kappa shape index (κ2) is 11.7. The van der Waals surface area contributed by atoms with Gasteiger partial charge in [0.25, 0.3) is 17.5 Å². The second-order valence-electron chi connectivity index (χ2n) is 7.74. The van der Waals surface area contributed by atoms with Crippen molar-refractivity contribution >= 4 is 35.1 Å². The molecule has 1 fully saturated rings. The summed E-state index contributed by atoms with van der Waals surface area (Å²) in [5.41, 5.74) is 2.09. The van der Waals surface area contributed by atoms with E-state index in [1.54, 1.807) is 6.07 Å². The van der Waals surface area contributed by atoms with Crippen LogP contribution in [0.25, 0.3) is 0 Å². The van der Waals surface area contributed by atoms with Crippen molar-refractivity contribution in [1.82, 2.24) is 10.4 Å². The Hall–Kier alpha value is -4.88. The van der Waals surface area contributed by atoms with Crippen LogP contribution in [0.2, 0.25) is 0 Å². The summed E-state index contributed by atoms with van der Waals surface area (Å²) in [6, 6.07) is 8.26. The van der Waals surface area contributed by atoms with Crippen molar-refractivity contribution in [3.63, 3.8) is 0 Å². The van der Waals surface area contributed by atoms with Crippen LogP contribution < -0.4 is 25.0 Å². The Morgan fingerprint density at radius 2 is 1.68 bits per heavy atom. The van der Waals surface area contributed by atoms with Gasteiger partial charge in [-0.25, -0.2) is 0 Å². The molecule has 2 aromatic rings. The molecule has 2 N–H and O–H groups in total. The van der Waals surface area contributed by atoms with E-state index in [4.69, 9.17) is 18.9 Å². The van der Waals surface area contributed by atoms with E-state index < -0.39 is 41.1 Å². The van der Waals surface area contributed by atoms with Crippen LogP contribution in [-0.4, -0.2) is 68.1 Å². The quantitative estimate of drug-likeness (QED) is 0.266. The minimum atomic E-state index is -0.938. The van der Waals surface area contributed by atoms with Crippen LogP contribution in [0.4, 0.5) is 11.4 Å². The molecule has 0 bridgehead atoms. The number of hydrazine groups is 1. The summed E-state index contributed by atoms with van der Waals surface area (Å²) in [5, 5.41) is 14.5. The normalized spacial score (nSPS) is 14.5. The van der Waals surface area contributed by atoms with Crippen LogP contribution in [0.5, 0.6) is 17.2 Å². The number of methoxy groups -OCH3 is 3. The predicted molar refractivity (Wildman–Crippen MR) is 126 cm³/mol.